The van der Waals surface area contributed by atoms with Crippen molar-refractivity contribution in [3.63, 3.8) is 0 Å². The first-order valence-electron chi connectivity index (χ1n) is 8.41. The van der Waals surface area contributed by atoms with Gasteiger partial charge >= 0.3 is 0 Å². The maximum Gasteiger partial charge on any atom is 0.191 e. The number of aliphatic imine (C=N–C) groups is 1. The van der Waals surface area contributed by atoms with Crippen molar-refractivity contribution in [1.29, 1.82) is 0 Å². The van der Waals surface area contributed by atoms with Gasteiger partial charge in [0.15, 0.2) is 5.96 Å². The number of nitrogens with zero attached hydrogens (tertiary/aromatic N) is 3. The van der Waals surface area contributed by atoms with Crippen LogP contribution in [0.15, 0.2) is 17.4 Å². The van der Waals surface area contributed by atoms with Crippen LogP contribution in [0.4, 0.5) is 0 Å². The highest BCUT2D eigenvalue weighted by atomic mass is 16.5. The fraction of sp³-hybridized carbons (Fsp3) is 0.750. The number of ether oxygens (including phenoxy) is 1. The van der Waals surface area contributed by atoms with Gasteiger partial charge in [0.1, 0.15) is 5.82 Å². The molecule has 6 heteroatoms. The third kappa shape index (κ3) is 5.67. The minimum atomic E-state index is 0.305. The van der Waals surface area contributed by atoms with Crippen molar-refractivity contribution in [2.24, 2.45) is 4.99 Å². The minimum Gasteiger partial charge on any atom is -0.376 e. The van der Waals surface area contributed by atoms with Crippen molar-refractivity contribution in [3.05, 3.63) is 18.2 Å². The third-order valence-corrected chi connectivity index (χ3v) is 3.86. The lowest BCUT2D eigenvalue weighted by Crippen LogP contribution is -2.38. The first kappa shape index (κ1) is 16.8. The number of imidazole rings is 1. The molecule has 0 aliphatic carbocycles. The molecule has 6 nitrogen and oxygen atoms in total. The van der Waals surface area contributed by atoms with Crippen LogP contribution in [0.1, 0.15) is 38.4 Å². The predicted octanol–water partition coefficient (Wildman–Crippen LogP) is 1.71. The Hall–Kier alpha value is -1.56. The van der Waals surface area contributed by atoms with Crippen LogP contribution in [0.2, 0.25) is 0 Å². The molecule has 1 aliphatic heterocycles. The van der Waals surface area contributed by atoms with Gasteiger partial charge in [0, 0.05) is 38.6 Å². The number of hydrogen-bond acceptors (Lipinski definition) is 3. The van der Waals surface area contributed by atoms with Crippen molar-refractivity contribution < 1.29 is 4.74 Å². The van der Waals surface area contributed by atoms with Gasteiger partial charge in [0.05, 0.1) is 12.6 Å². The molecule has 2 heterocycles. The van der Waals surface area contributed by atoms with Gasteiger partial charge in [0.25, 0.3) is 0 Å². The average Bonchev–Trinajstić information content (AvgIpc) is 3.16. The Morgan fingerprint density at radius 3 is 3.05 bits per heavy atom. The number of guanidine groups is 1. The molecule has 1 fully saturated rings. The van der Waals surface area contributed by atoms with E-state index < -0.39 is 0 Å². The van der Waals surface area contributed by atoms with E-state index in [4.69, 9.17) is 4.74 Å². The van der Waals surface area contributed by atoms with Crippen LogP contribution >= 0.6 is 0 Å². The zero-order valence-electron chi connectivity index (χ0n) is 13.8. The van der Waals surface area contributed by atoms with Gasteiger partial charge in [-0.2, -0.15) is 0 Å². The van der Waals surface area contributed by atoms with Gasteiger partial charge in [-0.3, -0.25) is 4.99 Å². The van der Waals surface area contributed by atoms with E-state index in [1.165, 1.54) is 0 Å². The van der Waals surface area contributed by atoms with E-state index in [9.17, 15) is 0 Å². The Balaban J connectivity index is 1.63. The summed E-state index contributed by atoms with van der Waals surface area (Å²) in [7, 11) is 0. The maximum atomic E-state index is 5.61. The summed E-state index contributed by atoms with van der Waals surface area (Å²) >= 11 is 0. The SMILES string of the molecule is CCNC(=NCC1CCCO1)NCCCCn1ccnc1C. The molecule has 0 bridgehead atoms. The molecule has 0 radical (unpaired) electrons. The van der Waals surface area contributed by atoms with Crippen molar-refractivity contribution >= 4 is 5.96 Å². The highest BCUT2D eigenvalue weighted by molar-refractivity contribution is 5.79. The Labute approximate surface area is 133 Å². The lowest BCUT2D eigenvalue weighted by atomic mass is 10.2. The van der Waals surface area contributed by atoms with Crippen LogP contribution in [0.5, 0.6) is 0 Å². The van der Waals surface area contributed by atoms with Crippen LogP contribution < -0.4 is 10.6 Å². The highest BCUT2D eigenvalue weighted by Gasteiger charge is 2.14. The monoisotopic (exact) mass is 307 g/mol. The van der Waals surface area contributed by atoms with Gasteiger partial charge in [-0.1, -0.05) is 0 Å². The maximum absolute atomic E-state index is 5.61. The van der Waals surface area contributed by atoms with Crippen molar-refractivity contribution in [3.8, 4) is 0 Å². The predicted molar refractivity (Wildman–Crippen MR) is 89.2 cm³/mol. The van der Waals surface area contributed by atoms with Gasteiger partial charge in [-0.25, -0.2) is 4.98 Å². The van der Waals surface area contributed by atoms with Crippen molar-refractivity contribution in [2.75, 3.05) is 26.2 Å². The Kier molecular flexibility index (Phi) is 7.22. The Bertz CT molecular complexity index is 451. The second-order valence-corrected chi connectivity index (χ2v) is 5.66. The van der Waals surface area contributed by atoms with Crippen molar-refractivity contribution in [1.82, 2.24) is 20.2 Å². The summed E-state index contributed by atoms with van der Waals surface area (Å²) in [5.74, 6) is 1.98. The van der Waals surface area contributed by atoms with E-state index in [0.717, 1.165) is 70.3 Å². The second-order valence-electron chi connectivity index (χ2n) is 5.66. The molecular formula is C16H29N5O. The molecule has 1 aromatic heterocycles. The van der Waals surface area contributed by atoms with E-state index in [0.29, 0.717) is 6.10 Å². The van der Waals surface area contributed by atoms with Gasteiger partial charge in [-0.05, 0) is 39.5 Å². The molecule has 0 saturated carbocycles. The fourth-order valence-electron chi connectivity index (χ4n) is 2.58. The summed E-state index contributed by atoms with van der Waals surface area (Å²) < 4.78 is 7.80. The lowest BCUT2D eigenvalue weighted by Gasteiger charge is -2.13. The summed E-state index contributed by atoms with van der Waals surface area (Å²) in [5, 5.41) is 6.69. The van der Waals surface area contributed by atoms with Crippen LogP contribution in [-0.2, 0) is 11.3 Å². The first-order chi connectivity index (χ1) is 10.8. The number of unbranched alkanes of at least 4 members (excludes halogenated alkanes) is 1. The molecule has 1 aromatic rings. The number of aromatic nitrogens is 2. The van der Waals surface area contributed by atoms with E-state index in [-0.39, 0.29) is 0 Å². The van der Waals surface area contributed by atoms with E-state index in [1.54, 1.807) is 0 Å². The van der Waals surface area contributed by atoms with E-state index >= 15 is 0 Å². The topological polar surface area (TPSA) is 63.5 Å². The smallest absolute Gasteiger partial charge is 0.191 e. The first-order valence-corrected chi connectivity index (χ1v) is 8.41. The van der Waals surface area contributed by atoms with Crippen LogP contribution in [0.25, 0.3) is 0 Å². The summed E-state index contributed by atoms with van der Waals surface area (Å²) in [6.45, 7) is 8.61. The van der Waals surface area contributed by atoms with Crippen LogP contribution in [0.3, 0.4) is 0 Å². The molecule has 1 aliphatic rings. The van der Waals surface area contributed by atoms with E-state index in [2.05, 4.69) is 32.1 Å². The molecular weight excluding hydrogens is 278 g/mol. The molecule has 2 rings (SSSR count). The zero-order valence-corrected chi connectivity index (χ0v) is 13.8. The molecule has 1 atom stereocenters. The number of hydrogen-bond donors (Lipinski definition) is 2. The third-order valence-electron chi connectivity index (χ3n) is 3.86. The largest absolute Gasteiger partial charge is 0.376 e. The summed E-state index contributed by atoms with van der Waals surface area (Å²) in [5.41, 5.74) is 0. The fourth-order valence-corrected chi connectivity index (χ4v) is 2.58. The number of aryl methyl sites for hydroxylation is 2. The molecule has 2 N–H and O–H groups in total. The number of rotatable bonds is 8. The highest BCUT2D eigenvalue weighted by Crippen LogP contribution is 2.11. The summed E-state index contributed by atoms with van der Waals surface area (Å²) in [6.07, 6.45) is 8.74. The number of nitrogens with one attached hydrogen (secondary N) is 2. The lowest BCUT2D eigenvalue weighted by molar-refractivity contribution is 0.117. The van der Waals surface area contributed by atoms with Crippen LogP contribution in [-0.4, -0.2) is 47.9 Å². The quantitative estimate of drug-likeness (QED) is 0.436. The second kappa shape index (κ2) is 9.46. The minimum absolute atomic E-state index is 0.305. The standard InChI is InChI=1S/C16H29N5O/c1-3-17-16(20-13-15-7-6-12-22-15)19-8-4-5-10-21-11-9-18-14(21)2/h9,11,15H,3-8,10,12-13H2,1-2H3,(H2,17,19,20). The molecule has 0 amide bonds. The van der Waals surface area contributed by atoms with Gasteiger partial charge < -0.3 is 19.9 Å². The van der Waals surface area contributed by atoms with Crippen LogP contribution in [0, 0.1) is 6.92 Å². The summed E-state index contributed by atoms with van der Waals surface area (Å²) in [4.78, 5) is 8.85. The molecule has 0 spiro atoms. The van der Waals surface area contributed by atoms with E-state index in [1.807, 2.05) is 19.3 Å². The Morgan fingerprint density at radius 2 is 2.36 bits per heavy atom. The molecule has 124 valence electrons. The van der Waals surface area contributed by atoms with Gasteiger partial charge in [0.2, 0.25) is 0 Å². The average molecular weight is 307 g/mol. The molecule has 22 heavy (non-hydrogen) atoms. The Morgan fingerprint density at radius 1 is 1.45 bits per heavy atom. The zero-order chi connectivity index (χ0) is 15.6. The van der Waals surface area contributed by atoms with Crippen molar-refractivity contribution in [2.45, 2.75) is 52.2 Å². The normalized spacial score (nSPS) is 18.6. The molecule has 0 aromatic carbocycles. The summed E-state index contributed by atoms with van der Waals surface area (Å²) in [6, 6.07) is 0. The molecule has 1 unspecified atom stereocenters. The van der Waals surface area contributed by atoms with Gasteiger partial charge in [-0.15, -0.1) is 0 Å². The molecule has 1 saturated heterocycles.